The van der Waals surface area contributed by atoms with Crippen LogP contribution < -0.4 is 5.32 Å². The van der Waals surface area contributed by atoms with Crippen LogP contribution in [0.3, 0.4) is 0 Å². The fourth-order valence-electron chi connectivity index (χ4n) is 6.25. The van der Waals surface area contributed by atoms with Crippen molar-refractivity contribution in [3.8, 4) is 0 Å². The fraction of sp³-hybridized carbons (Fsp3) is 0.438. The van der Waals surface area contributed by atoms with Crippen molar-refractivity contribution in [3.63, 3.8) is 0 Å². The zero-order chi connectivity index (χ0) is 24.3. The quantitative estimate of drug-likeness (QED) is 0.503. The summed E-state index contributed by atoms with van der Waals surface area (Å²) in [4.78, 5) is 0. The molecule has 0 aliphatic heterocycles. The van der Waals surface area contributed by atoms with E-state index in [1.54, 1.807) is 5.57 Å². The Kier molecular flexibility index (Phi) is 5.76. The van der Waals surface area contributed by atoms with Crippen LogP contribution in [0.2, 0.25) is 0 Å². The van der Waals surface area contributed by atoms with E-state index in [1.807, 2.05) is 13.8 Å². The molecule has 1 nitrogen and oxygen atoms in total. The lowest BCUT2D eigenvalue weighted by Crippen LogP contribution is -2.32. The van der Waals surface area contributed by atoms with Crippen molar-refractivity contribution in [2.45, 2.75) is 80.1 Å². The van der Waals surface area contributed by atoms with Crippen molar-refractivity contribution in [3.05, 3.63) is 87.0 Å². The molecule has 1 heteroatoms. The first-order valence-electron chi connectivity index (χ1n) is 12.6. The number of hydrogen-bond donors (Lipinski definition) is 1. The molecule has 3 aliphatic carbocycles. The van der Waals surface area contributed by atoms with Gasteiger partial charge in [0.05, 0.1) is 0 Å². The second kappa shape index (κ2) is 8.05. The largest absolute Gasteiger partial charge is 0.388 e. The Bertz CT molecular complexity index is 1210. The molecule has 2 aromatic carbocycles. The van der Waals surface area contributed by atoms with E-state index in [9.17, 15) is 0 Å². The van der Waals surface area contributed by atoms with E-state index in [4.69, 9.17) is 0 Å². The van der Waals surface area contributed by atoms with Gasteiger partial charge in [-0.1, -0.05) is 77.5 Å². The van der Waals surface area contributed by atoms with Crippen LogP contribution >= 0.6 is 0 Å². The smallest absolute Gasteiger partial charge is 0.0417 e. The van der Waals surface area contributed by atoms with Gasteiger partial charge in [-0.2, -0.15) is 0 Å². The first kappa shape index (κ1) is 23.6. The molecule has 0 spiro atoms. The van der Waals surface area contributed by atoms with E-state index in [0.29, 0.717) is 5.92 Å². The number of allylic oxidation sites excluding steroid dienone is 6. The number of benzene rings is 2. The molecule has 0 bridgehead atoms. The first-order chi connectivity index (χ1) is 15.6. The average Bonchev–Trinajstić information content (AvgIpc) is 3.34. The van der Waals surface area contributed by atoms with Crippen LogP contribution in [-0.4, -0.2) is 7.05 Å². The highest BCUT2D eigenvalue weighted by atomic mass is 14.8. The molecule has 1 atom stereocenters. The zero-order valence-corrected chi connectivity index (χ0v) is 22.3. The van der Waals surface area contributed by atoms with E-state index < -0.39 is 0 Å². The van der Waals surface area contributed by atoms with Gasteiger partial charge in [0.2, 0.25) is 0 Å². The second-order valence-electron chi connectivity index (χ2n) is 10.9. The molecule has 0 saturated carbocycles. The lowest BCUT2D eigenvalue weighted by molar-refractivity contribution is 0.402. The van der Waals surface area contributed by atoms with Gasteiger partial charge in [0, 0.05) is 35.0 Å². The minimum Gasteiger partial charge on any atom is -0.388 e. The Morgan fingerprint density at radius 3 is 2.24 bits per heavy atom. The average molecular weight is 440 g/mol. The van der Waals surface area contributed by atoms with Crippen LogP contribution in [0, 0.1) is 26.2 Å². The molecule has 1 unspecified atom stereocenters. The van der Waals surface area contributed by atoms with E-state index in [2.05, 4.69) is 103 Å². The summed E-state index contributed by atoms with van der Waals surface area (Å²) >= 11 is 0. The van der Waals surface area contributed by atoms with E-state index in [-0.39, 0.29) is 10.8 Å². The first-order valence-corrected chi connectivity index (χ1v) is 12.6. The number of fused-ring (bicyclic) bond motifs is 2. The van der Waals surface area contributed by atoms with Crippen molar-refractivity contribution in [1.29, 1.82) is 0 Å². The van der Waals surface area contributed by atoms with Gasteiger partial charge in [-0.05, 0) is 83.9 Å². The molecular weight excluding hydrogens is 398 g/mol. The van der Waals surface area contributed by atoms with E-state index in [1.165, 1.54) is 55.8 Å². The van der Waals surface area contributed by atoms with Gasteiger partial charge in [0.15, 0.2) is 0 Å². The molecule has 2 aromatic rings. The zero-order valence-electron chi connectivity index (χ0n) is 22.3. The third kappa shape index (κ3) is 3.35. The lowest BCUT2D eigenvalue weighted by Gasteiger charge is -2.46. The molecule has 5 rings (SSSR count). The fourth-order valence-corrected chi connectivity index (χ4v) is 6.25. The van der Waals surface area contributed by atoms with Gasteiger partial charge < -0.3 is 5.32 Å². The molecule has 3 aliphatic rings. The van der Waals surface area contributed by atoms with Crippen LogP contribution in [0.4, 0.5) is 5.69 Å². The molecule has 0 aromatic heterocycles. The van der Waals surface area contributed by atoms with Gasteiger partial charge in [0.1, 0.15) is 0 Å². The molecule has 0 radical (unpaired) electrons. The van der Waals surface area contributed by atoms with Crippen LogP contribution in [0.25, 0.3) is 11.1 Å². The highest BCUT2D eigenvalue weighted by molar-refractivity contribution is 5.94. The maximum atomic E-state index is 3.52. The summed E-state index contributed by atoms with van der Waals surface area (Å²) in [5.74, 6) is 0.455. The Morgan fingerprint density at radius 2 is 1.61 bits per heavy atom. The summed E-state index contributed by atoms with van der Waals surface area (Å²) in [7, 11) is 2.06. The monoisotopic (exact) mass is 439 g/mol. The minimum absolute atomic E-state index is 0.0989. The summed E-state index contributed by atoms with van der Waals surface area (Å²) in [6.45, 7) is 20.3. The number of rotatable bonds is 3. The van der Waals surface area contributed by atoms with Crippen molar-refractivity contribution >= 4 is 16.8 Å². The van der Waals surface area contributed by atoms with Gasteiger partial charge >= 0.3 is 0 Å². The van der Waals surface area contributed by atoms with Gasteiger partial charge in [0.25, 0.3) is 0 Å². The topological polar surface area (TPSA) is 12.0 Å². The van der Waals surface area contributed by atoms with Crippen LogP contribution in [0.15, 0.2) is 48.1 Å². The summed E-state index contributed by atoms with van der Waals surface area (Å²) in [5.41, 5.74) is 15.9. The summed E-state index contributed by atoms with van der Waals surface area (Å²) < 4.78 is 0. The van der Waals surface area contributed by atoms with Crippen molar-refractivity contribution in [1.82, 2.24) is 0 Å². The van der Waals surface area contributed by atoms with Crippen molar-refractivity contribution < 1.29 is 0 Å². The summed E-state index contributed by atoms with van der Waals surface area (Å²) in [6, 6.07) is 9.59. The molecule has 0 amide bonds. The van der Waals surface area contributed by atoms with Gasteiger partial charge in [-0.3, -0.25) is 0 Å². The Labute approximate surface area is 201 Å². The number of aryl methyl sites for hydroxylation is 2. The lowest BCUT2D eigenvalue weighted by atomic mass is 9.58. The van der Waals surface area contributed by atoms with E-state index >= 15 is 0 Å². The molecule has 1 N–H and O–H groups in total. The van der Waals surface area contributed by atoms with Gasteiger partial charge in [-0.25, -0.2) is 0 Å². The normalized spacial score (nSPS) is 21.0. The third-order valence-electron chi connectivity index (χ3n) is 8.36. The summed E-state index contributed by atoms with van der Waals surface area (Å²) in [6.07, 6.45) is 8.27. The van der Waals surface area contributed by atoms with E-state index in [0.717, 1.165) is 6.42 Å². The summed E-state index contributed by atoms with van der Waals surface area (Å²) in [5, 5.41) is 3.52. The number of nitrogens with one attached hydrogen (secondary N) is 1. The third-order valence-corrected chi connectivity index (χ3v) is 8.36. The Morgan fingerprint density at radius 1 is 0.909 bits per heavy atom. The maximum Gasteiger partial charge on any atom is 0.0417 e. The molecule has 174 valence electrons. The van der Waals surface area contributed by atoms with Crippen molar-refractivity contribution in [2.24, 2.45) is 5.41 Å². The van der Waals surface area contributed by atoms with Crippen LogP contribution in [0.5, 0.6) is 0 Å². The van der Waals surface area contributed by atoms with Gasteiger partial charge in [-0.15, -0.1) is 0 Å². The maximum absolute atomic E-state index is 3.52. The molecule has 0 fully saturated rings. The number of hydrogen-bond acceptors (Lipinski definition) is 1. The second-order valence-corrected chi connectivity index (χ2v) is 10.9. The Hall–Kier alpha value is -2.54. The minimum atomic E-state index is 0.0989. The highest BCUT2D eigenvalue weighted by Crippen LogP contribution is 2.59. The molecule has 0 heterocycles. The Balaban J connectivity index is 0.00000126. The predicted octanol–water partition coefficient (Wildman–Crippen LogP) is 8.89. The predicted molar refractivity (Wildman–Crippen MR) is 146 cm³/mol. The molecule has 0 saturated heterocycles. The molecular formula is C32H41N. The van der Waals surface area contributed by atoms with Crippen LogP contribution in [-0.2, 0) is 5.41 Å². The highest BCUT2D eigenvalue weighted by Gasteiger charge is 2.45. The van der Waals surface area contributed by atoms with Crippen molar-refractivity contribution in [2.75, 3.05) is 12.4 Å². The molecule has 33 heavy (non-hydrogen) atoms. The standard InChI is InChI=1S/C30H35N.C2H6/c1-17-12-18(2)19(3)21(13-17)25-15-26(30(25,6)7)23-14-22-20-10-9-11-24(20)29(4,5)27(22)16-28(23)31-8;1-2/h9-10,12-16,25,31H,11H2,1-8H3;1-2H3. The number of anilines is 1. The SMILES string of the molecule is CC.CNc1cc2c(cc1C1=CC(c3cc(C)cc(C)c3C)C1(C)C)C1=C(CC=C1)C2(C)C. The van der Waals surface area contributed by atoms with Crippen LogP contribution in [0.1, 0.15) is 92.8 Å².